The number of hydrogen-bond acceptors (Lipinski definition) is 4. The second-order valence-electron chi connectivity index (χ2n) is 5.05. The van der Waals surface area contributed by atoms with Crippen molar-refractivity contribution in [3.8, 4) is 0 Å². The normalized spacial score (nSPS) is 19.2. The van der Waals surface area contributed by atoms with E-state index in [2.05, 4.69) is 5.32 Å². The summed E-state index contributed by atoms with van der Waals surface area (Å²) in [5.74, 6) is -0.587. The number of benzene rings is 1. The predicted octanol–water partition coefficient (Wildman–Crippen LogP) is 2.22. The summed E-state index contributed by atoms with van der Waals surface area (Å²) < 4.78 is 5.03. The van der Waals surface area contributed by atoms with E-state index in [9.17, 15) is 9.59 Å². The quantitative estimate of drug-likeness (QED) is 0.866. The van der Waals surface area contributed by atoms with E-state index < -0.39 is 6.04 Å². The van der Waals surface area contributed by atoms with E-state index in [-0.39, 0.29) is 18.3 Å². The highest BCUT2D eigenvalue weighted by Crippen LogP contribution is 2.23. The number of amides is 1. The number of hydrogen-bond donors (Lipinski definition) is 1. The van der Waals surface area contributed by atoms with Crippen molar-refractivity contribution in [2.75, 3.05) is 25.0 Å². The van der Waals surface area contributed by atoms with Gasteiger partial charge in [0.25, 0.3) is 0 Å². The van der Waals surface area contributed by atoms with Crippen molar-refractivity contribution in [2.24, 2.45) is 0 Å². The molecule has 0 radical (unpaired) electrons. The molecule has 0 saturated carbocycles. The molecule has 1 fully saturated rings. The molecule has 21 heavy (non-hydrogen) atoms. The van der Waals surface area contributed by atoms with Crippen LogP contribution in [-0.2, 0) is 14.3 Å². The van der Waals surface area contributed by atoms with Crippen LogP contribution in [0.4, 0.5) is 5.69 Å². The van der Waals surface area contributed by atoms with E-state index in [1.54, 1.807) is 12.1 Å². The van der Waals surface area contributed by atoms with Gasteiger partial charge >= 0.3 is 5.97 Å². The third-order valence-corrected chi connectivity index (χ3v) is 3.83. The summed E-state index contributed by atoms with van der Waals surface area (Å²) in [6.45, 7) is 5.63. The molecular weight excluding hydrogens is 292 g/mol. The predicted molar refractivity (Wildman–Crippen MR) is 81.4 cm³/mol. The molecule has 0 spiro atoms. The highest BCUT2D eigenvalue weighted by molar-refractivity contribution is 6.33. The fourth-order valence-corrected chi connectivity index (χ4v) is 2.64. The van der Waals surface area contributed by atoms with Gasteiger partial charge in [-0.25, -0.2) is 0 Å². The zero-order valence-electron chi connectivity index (χ0n) is 12.2. The molecule has 1 heterocycles. The summed E-state index contributed by atoms with van der Waals surface area (Å²) >= 11 is 6.08. The van der Waals surface area contributed by atoms with Crippen LogP contribution in [0.5, 0.6) is 0 Å². The number of carbonyl (C=O) groups excluding carboxylic acids is 2. The maximum absolute atomic E-state index is 12.1. The highest BCUT2D eigenvalue weighted by atomic mass is 35.5. The van der Waals surface area contributed by atoms with Gasteiger partial charge in [-0.05, 0) is 31.2 Å². The molecule has 1 aliphatic rings. The van der Waals surface area contributed by atoms with Crippen molar-refractivity contribution in [1.82, 2.24) is 4.90 Å². The standard InChI is InChI=1S/C15H19ClN2O3/c1-3-18-6-7-21-15(20)13(18)9-14(19)17-12-5-4-10(2)8-11(12)16/h4-5,8,13H,3,6-7,9H2,1-2H3,(H,17,19). The summed E-state index contributed by atoms with van der Waals surface area (Å²) in [4.78, 5) is 25.9. The van der Waals surface area contributed by atoms with Gasteiger partial charge in [0, 0.05) is 6.54 Å². The van der Waals surface area contributed by atoms with E-state index >= 15 is 0 Å². The van der Waals surface area contributed by atoms with Gasteiger partial charge in [-0.1, -0.05) is 24.6 Å². The van der Waals surface area contributed by atoms with Crippen LogP contribution in [0, 0.1) is 6.92 Å². The number of aryl methyl sites for hydroxylation is 1. The fourth-order valence-electron chi connectivity index (χ4n) is 2.35. The minimum Gasteiger partial charge on any atom is -0.463 e. The van der Waals surface area contributed by atoms with Crippen LogP contribution in [0.25, 0.3) is 0 Å². The number of carbonyl (C=O) groups is 2. The Bertz CT molecular complexity index is 548. The first-order valence-corrected chi connectivity index (χ1v) is 7.35. The average Bonchev–Trinajstić information content (AvgIpc) is 2.44. The second-order valence-corrected chi connectivity index (χ2v) is 5.45. The highest BCUT2D eigenvalue weighted by Gasteiger charge is 2.32. The van der Waals surface area contributed by atoms with Crippen LogP contribution < -0.4 is 5.32 Å². The molecule has 0 aliphatic carbocycles. The molecule has 1 unspecified atom stereocenters. The largest absolute Gasteiger partial charge is 0.463 e. The number of halogens is 1. The van der Waals surface area contributed by atoms with E-state index in [0.29, 0.717) is 30.4 Å². The molecular formula is C15H19ClN2O3. The van der Waals surface area contributed by atoms with Crippen molar-refractivity contribution in [3.05, 3.63) is 28.8 Å². The maximum atomic E-state index is 12.1. The summed E-state index contributed by atoms with van der Waals surface area (Å²) in [6.07, 6.45) is 0.0663. The molecule has 0 bridgehead atoms. The van der Waals surface area contributed by atoms with Gasteiger partial charge in [0.1, 0.15) is 12.6 Å². The zero-order chi connectivity index (χ0) is 15.4. The molecule has 1 atom stereocenters. The number of esters is 1. The number of likely N-dealkylation sites (N-methyl/N-ethyl adjacent to an activating group) is 1. The average molecular weight is 311 g/mol. The lowest BCUT2D eigenvalue weighted by molar-refractivity contribution is -0.158. The first-order valence-electron chi connectivity index (χ1n) is 6.98. The van der Waals surface area contributed by atoms with E-state index in [1.165, 1.54) is 0 Å². The van der Waals surface area contributed by atoms with Crippen molar-refractivity contribution >= 4 is 29.2 Å². The van der Waals surface area contributed by atoms with Crippen LogP contribution >= 0.6 is 11.6 Å². The molecule has 1 N–H and O–H groups in total. The Hall–Kier alpha value is -1.59. The van der Waals surface area contributed by atoms with Gasteiger partial charge < -0.3 is 10.1 Å². The number of morpholine rings is 1. The Labute approximate surface area is 129 Å². The third-order valence-electron chi connectivity index (χ3n) is 3.52. The lowest BCUT2D eigenvalue weighted by atomic mass is 10.1. The van der Waals surface area contributed by atoms with Crippen molar-refractivity contribution < 1.29 is 14.3 Å². The second kappa shape index (κ2) is 6.91. The Morgan fingerprint density at radius 1 is 1.52 bits per heavy atom. The van der Waals surface area contributed by atoms with Crippen LogP contribution in [0.3, 0.4) is 0 Å². The van der Waals surface area contributed by atoms with Crippen LogP contribution in [0.1, 0.15) is 18.9 Å². The monoisotopic (exact) mass is 310 g/mol. The number of ether oxygens (including phenoxy) is 1. The number of cyclic esters (lactones) is 1. The molecule has 5 nitrogen and oxygen atoms in total. The first-order chi connectivity index (χ1) is 10.0. The molecule has 1 aromatic carbocycles. The van der Waals surface area contributed by atoms with Gasteiger partial charge in [-0.2, -0.15) is 0 Å². The molecule has 1 aromatic rings. The summed E-state index contributed by atoms with van der Waals surface area (Å²) in [7, 11) is 0. The molecule has 2 rings (SSSR count). The van der Waals surface area contributed by atoms with Crippen LogP contribution in [0.2, 0.25) is 5.02 Å². The SMILES string of the molecule is CCN1CCOC(=O)C1CC(=O)Nc1ccc(C)cc1Cl. The summed E-state index contributed by atoms with van der Waals surface area (Å²) in [5.41, 5.74) is 1.57. The third kappa shape index (κ3) is 3.95. The Kier molecular flexibility index (Phi) is 5.20. The Balaban J connectivity index is 2.01. The molecule has 1 aliphatic heterocycles. The minimum atomic E-state index is -0.520. The molecule has 1 saturated heterocycles. The Morgan fingerprint density at radius 2 is 2.29 bits per heavy atom. The minimum absolute atomic E-state index is 0.0663. The van der Waals surface area contributed by atoms with Crippen molar-refractivity contribution in [1.29, 1.82) is 0 Å². The fraction of sp³-hybridized carbons (Fsp3) is 0.467. The van der Waals surface area contributed by atoms with E-state index in [0.717, 1.165) is 5.56 Å². The molecule has 0 aromatic heterocycles. The molecule has 6 heteroatoms. The maximum Gasteiger partial charge on any atom is 0.323 e. The van der Waals surface area contributed by atoms with Gasteiger partial charge in [0.05, 0.1) is 17.1 Å². The number of nitrogens with one attached hydrogen (secondary N) is 1. The summed E-state index contributed by atoms with van der Waals surface area (Å²) in [6, 6.07) is 4.89. The van der Waals surface area contributed by atoms with Gasteiger partial charge in [-0.15, -0.1) is 0 Å². The van der Waals surface area contributed by atoms with Crippen molar-refractivity contribution in [2.45, 2.75) is 26.3 Å². The lowest BCUT2D eigenvalue weighted by Gasteiger charge is -2.32. The van der Waals surface area contributed by atoms with Gasteiger partial charge in [0.2, 0.25) is 5.91 Å². The lowest BCUT2D eigenvalue weighted by Crippen LogP contribution is -2.50. The van der Waals surface area contributed by atoms with E-state index in [4.69, 9.17) is 16.3 Å². The first kappa shape index (κ1) is 15.8. The summed E-state index contributed by atoms with van der Waals surface area (Å²) in [5, 5.41) is 3.23. The van der Waals surface area contributed by atoms with Crippen LogP contribution in [-0.4, -0.2) is 42.5 Å². The topological polar surface area (TPSA) is 58.6 Å². The zero-order valence-corrected chi connectivity index (χ0v) is 12.9. The van der Waals surface area contributed by atoms with Crippen molar-refractivity contribution in [3.63, 3.8) is 0 Å². The smallest absolute Gasteiger partial charge is 0.323 e. The van der Waals surface area contributed by atoms with Gasteiger partial charge in [-0.3, -0.25) is 14.5 Å². The van der Waals surface area contributed by atoms with Crippen LogP contribution in [0.15, 0.2) is 18.2 Å². The number of nitrogens with zero attached hydrogens (tertiary/aromatic N) is 1. The number of anilines is 1. The van der Waals surface area contributed by atoms with E-state index in [1.807, 2.05) is 24.8 Å². The Morgan fingerprint density at radius 3 is 2.95 bits per heavy atom. The van der Waals surface area contributed by atoms with Gasteiger partial charge in [0.15, 0.2) is 0 Å². The molecule has 1 amide bonds. The number of rotatable bonds is 4. The molecule has 114 valence electrons.